The summed E-state index contributed by atoms with van der Waals surface area (Å²) in [5.41, 5.74) is 7.86. The Labute approximate surface area is 236 Å². The molecule has 7 rings (SSSR count). The molecule has 0 saturated carbocycles. The van der Waals surface area contributed by atoms with Crippen molar-refractivity contribution in [3.63, 3.8) is 0 Å². The van der Waals surface area contributed by atoms with Gasteiger partial charge in [0, 0.05) is 17.1 Å². The first kappa shape index (κ1) is 24.7. The average molecular weight is 535 g/mol. The number of pyridine rings is 1. The number of nitrogens with zero attached hydrogens (tertiary/aromatic N) is 3. The van der Waals surface area contributed by atoms with Crippen LogP contribution in [-0.4, -0.2) is 19.6 Å². The molecule has 0 bridgehead atoms. The molecule has 198 valence electrons. The van der Waals surface area contributed by atoms with Gasteiger partial charge in [-0.15, -0.1) is 0 Å². The van der Waals surface area contributed by atoms with Crippen molar-refractivity contribution in [3.05, 3.63) is 149 Å². The van der Waals surface area contributed by atoms with Gasteiger partial charge in [-0.1, -0.05) is 103 Å². The fraction of sp³-hybridized carbons (Fsp3) is 0.0571. The highest BCUT2D eigenvalue weighted by Gasteiger charge is 2.23. The summed E-state index contributed by atoms with van der Waals surface area (Å²) in [5.74, 6) is 0. The van der Waals surface area contributed by atoms with Crippen molar-refractivity contribution >= 4 is 16.6 Å². The highest BCUT2D eigenvalue weighted by Crippen LogP contribution is 2.35. The third-order valence-corrected chi connectivity index (χ3v) is 7.22. The summed E-state index contributed by atoms with van der Waals surface area (Å²) >= 11 is 0. The molecule has 1 N–H and O–H groups in total. The monoisotopic (exact) mass is 534 g/mol. The van der Waals surface area contributed by atoms with Crippen LogP contribution in [0.15, 0.2) is 132 Å². The number of benzene rings is 4. The Balaban J connectivity index is 1.46. The largest absolute Gasteiger partial charge is 0.371 e. The number of aromatic amines is 1. The van der Waals surface area contributed by atoms with Gasteiger partial charge in [0.2, 0.25) is 0 Å². The van der Waals surface area contributed by atoms with Crippen LogP contribution in [0, 0.1) is 0 Å². The summed E-state index contributed by atoms with van der Waals surface area (Å²) in [6.07, 6.45) is 1.77. The minimum Gasteiger partial charge on any atom is -0.371 e. The fourth-order valence-corrected chi connectivity index (χ4v) is 5.28. The molecular weight excluding hydrogens is 508 g/mol. The van der Waals surface area contributed by atoms with Gasteiger partial charge in [0.05, 0.1) is 35.6 Å². The van der Waals surface area contributed by atoms with Crippen LogP contribution in [0.3, 0.4) is 0 Å². The van der Waals surface area contributed by atoms with Crippen molar-refractivity contribution in [2.24, 2.45) is 0 Å². The molecule has 0 aliphatic heterocycles. The predicted octanol–water partition coefficient (Wildman–Crippen LogP) is 7.29. The van der Waals surface area contributed by atoms with Crippen LogP contribution in [0.25, 0.3) is 50.1 Å². The molecule has 6 heteroatoms. The zero-order valence-electron chi connectivity index (χ0n) is 22.2. The lowest BCUT2D eigenvalue weighted by Gasteiger charge is -2.13. The Bertz CT molecular complexity index is 2030. The highest BCUT2D eigenvalue weighted by molar-refractivity contribution is 5.91. The first-order valence-corrected chi connectivity index (χ1v) is 13.5. The Hall–Kier alpha value is -5.33. The molecule has 0 unspecified atom stereocenters. The summed E-state index contributed by atoms with van der Waals surface area (Å²) in [7, 11) is 0. The maximum Gasteiger partial charge on any atom is 0.282 e. The lowest BCUT2D eigenvalue weighted by molar-refractivity contribution is 0.105. The summed E-state index contributed by atoms with van der Waals surface area (Å²) in [6.45, 7) is 0.649. The van der Waals surface area contributed by atoms with Crippen LogP contribution in [0.1, 0.15) is 11.3 Å². The maximum atomic E-state index is 14.4. The van der Waals surface area contributed by atoms with Crippen LogP contribution in [0.2, 0.25) is 0 Å². The van der Waals surface area contributed by atoms with E-state index >= 15 is 0 Å². The average Bonchev–Trinajstić information content (AvgIpc) is 3.42. The highest BCUT2D eigenvalue weighted by atomic mass is 16.5. The smallest absolute Gasteiger partial charge is 0.282 e. The van der Waals surface area contributed by atoms with Gasteiger partial charge in [-0.05, 0) is 34.9 Å². The Morgan fingerprint density at radius 3 is 2.15 bits per heavy atom. The molecule has 0 atom stereocenters. The van der Waals surface area contributed by atoms with Crippen molar-refractivity contribution < 1.29 is 4.74 Å². The van der Waals surface area contributed by atoms with E-state index in [1.54, 1.807) is 6.20 Å². The zero-order valence-corrected chi connectivity index (χ0v) is 22.2. The molecule has 7 aromatic rings. The molecule has 3 heterocycles. The van der Waals surface area contributed by atoms with Gasteiger partial charge in [0.15, 0.2) is 0 Å². The first-order valence-electron chi connectivity index (χ1n) is 13.5. The van der Waals surface area contributed by atoms with Crippen molar-refractivity contribution in [2.45, 2.75) is 13.2 Å². The van der Waals surface area contributed by atoms with E-state index in [2.05, 4.69) is 9.97 Å². The minimum absolute atomic E-state index is 0.209. The SMILES string of the molecule is O=c1c(-c2ccc3ncccc3c2)c(COCc2ccccc2)[nH]c2c(-c3ccccc3)c(-c3ccccc3)nn12. The number of hydrogen-bond donors (Lipinski definition) is 1. The minimum atomic E-state index is -0.209. The van der Waals surface area contributed by atoms with Gasteiger partial charge in [-0.2, -0.15) is 9.61 Å². The molecular formula is C35H26N4O2. The zero-order chi connectivity index (χ0) is 27.6. The second-order valence-electron chi connectivity index (χ2n) is 9.89. The summed E-state index contributed by atoms with van der Waals surface area (Å²) in [4.78, 5) is 22.4. The molecule has 4 aromatic carbocycles. The van der Waals surface area contributed by atoms with E-state index in [1.807, 2.05) is 121 Å². The molecule has 6 nitrogen and oxygen atoms in total. The number of aromatic nitrogens is 4. The normalized spacial score (nSPS) is 11.3. The summed E-state index contributed by atoms with van der Waals surface area (Å²) in [6, 6.07) is 39.8. The van der Waals surface area contributed by atoms with Crippen molar-refractivity contribution in [1.82, 2.24) is 19.6 Å². The molecule has 0 radical (unpaired) electrons. The molecule has 3 aromatic heterocycles. The van der Waals surface area contributed by atoms with E-state index in [9.17, 15) is 4.79 Å². The van der Waals surface area contributed by atoms with Crippen molar-refractivity contribution in [3.8, 4) is 33.5 Å². The van der Waals surface area contributed by atoms with Crippen LogP contribution in [0.5, 0.6) is 0 Å². The van der Waals surface area contributed by atoms with Gasteiger partial charge in [-0.25, -0.2) is 0 Å². The third-order valence-electron chi connectivity index (χ3n) is 7.22. The number of hydrogen-bond acceptors (Lipinski definition) is 4. The summed E-state index contributed by atoms with van der Waals surface area (Å²) in [5, 5.41) is 5.85. The number of nitrogens with one attached hydrogen (secondary N) is 1. The third kappa shape index (κ3) is 4.71. The van der Waals surface area contributed by atoms with Crippen LogP contribution >= 0.6 is 0 Å². The number of H-pyrrole nitrogens is 1. The molecule has 0 spiro atoms. The molecule has 0 aliphatic carbocycles. The van der Waals surface area contributed by atoms with Crippen molar-refractivity contribution in [2.75, 3.05) is 0 Å². The van der Waals surface area contributed by atoms with E-state index in [1.165, 1.54) is 4.52 Å². The van der Waals surface area contributed by atoms with E-state index in [4.69, 9.17) is 9.84 Å². The second kappa shape index (κ2) is 10.7. The predicted molar refractivity (Wildman–Crippen MR) is 162 cm³/mol. The Kier molecular flexibility index (Phi) is 6.43. The first-order chi connectivity index (χ1) is 20.3. The van der Waals surface area contributed by atoms with Gasteiger partial charge in [0.25, 0.3) is 5.56 Å². The van der Waals surface area contributed by atoms with E-state index < -0.39 is 0 Å². The van der Waals surface area contributed by atoms with Gasteiger partial charge in [0.1, 0.15) is 11.3 Å². The van der Waals surface area contributed by atoms with E-state index in [0.717, 1.165) is 44.4 Å². The van der Waals surface area contributed by atoms with E-state index in [-0.39, 0.29) is 12.2 Å². The number of ether oxygens (including phenoxy) is 1. The van der Waals surface area contributed by atoms with Gasteiger partial charge in [-0.3, -0.25) is 9.78 Å². The maximum absolute atomic E-state index is 14.4. The topological polar surface area (TPSA) is 72.3 Å². The molecule has 0 aliphatic rings. The Morgan fingerprint density at radius 2 is 1.39 bits per heavy atom. The van der Waals surface area contributed by atoms with Crippen LogP contribution < -0.4 is 5.56 Å². The van der Waals surface area contributed by atoms with Crippen molar-refractivity contribution in [1.29, 1.82) is 0 Å². The van der Waals surface area contributed by atoms with Crippen LogP contribution in [0.4, 0.5) is 0 Å². The van der Waals surface area contributed by atoms with Gasteiger partial charge >= 0.3 is 0 Å². The second-order valence-corrected chi connectivity index (χ2v) is 9.89. The molecule has 0 amide bonds. The summed E-state index contributed by atoms with van der Waals surface area (Å²) < 4.78 is 7.68. The quantitative estimate of drug-likeness (QED) is 0.233. The van der Waals surface area contributed by atoms with E-state index in [0.29, 0.717) is 23.5 Å². The van der Waals surface area contributed by atoms with Gasteiger partial charge < -0.3 is 9.72 Å². The lowest BCUT2D eigenvalue weighted by atomic mass is 10.0. The molecule has 0 saturated heterocycles. The molecule has 41 heavy (non-hydrogen) atoms. The Morgan fingerprint density at radius 1 is 0.683 bits per heavy atom. The lowest BCUT2D eigenvalue weighted by Crippen LogP contribution is -2.20. The number of rotatable bonds is 7. The molecule has 0 fully saturated rings. The standard InChI is InChI=1S/C35H26N4O2/c40-35-31(28-18-19-29-27(21-28)17-10-20-36-29)30(23-41-22-24-11-4-1-5-12-24)37-34-32(25-13-6-2-7-14-25)33(38-39(34)35)26-15-8-3-9-16-26/h1-21,37H,22-23H2. The number of fused-ring (bicyclic) bond motifs is 2. The fourth-order valence-electron chi connectivity index (χ4n) is 5.28. The van der Waals surface area contributed by atoms with Crippen LogP contribution in [-0.2, 0) is 18.0 Å².